The zero-order chi connectivity index (χ0) is 19.9. The van der Waals surface area contributed by atoms with E-state index >= 15 is 0 Å². The Hall–Kier alpha value is -3.40. The van der Waals surface area contributed by atoms with E-state index in [0.717, 1.165) is 48.4 Å². The second-order valence-electron chi connectivity index (χ2n) is 6.40. The van der Waals surface area contributed by atoms with Crippen molar-refractivity contribution in [1.82, 2.24) is 0 Å². The van der Waals surface area contributed by atoms with Gasteiger partial charge in [0.05, 0.1) is 11.4 Å². The fraction of sp³-hybridized carbons (Fsp3) is 0.167. The van der Waals surface area contributed by atoms with Crippen LogP contribution >= 0.6 is 0 Å². The zero-order valence-corrected chi connectivity index (χ0v) is 16.2. The molecule has 28 heavy (non-hydrogen) atoms. The van der Waals surface area contributed by atoms with Gasteiger partial charge in [-0.25, -0.2) is 0 Å². The van der Waals surface area contributed by atoms with Gasteiger partial charge in [-0.2, -0.15) is 0 Å². The van der Waals surface area contributed by atoms with Gasteiger partial charge in [0.2, 0.25) is 0 Å². The molecule has 3 aromatic carbocycles. The number of hydrogen-bond acceptors (Lipinski definition) is 4. The Labute approximate surface area is 166 Å². The Morgan fingerprint density at radius 1 is 0.607 bits per heavy atom. The van der Waals surface area contributed by atoms with Crippen LogP contribution in [0.5, 0.6) is 0 Å². The van der Waals surface area contributed by atoms with Crippen molar-refractivity contribution < 1.29 is 9.59 Å². The first kappa shape index (κ1) is 19.4. The third kappa shape index (κ3) is 3.96. The molecule has 0 radical (unpaired) electrons. The van der Waals surface area contributed by atoms with Crippen molar-refractivity contribution in [3.05, 3.63) is 83.9 Å². The lowest BCUT2D eigenvalue weighted by Crippen LogP contribution is -2.22. The Bertz CT molecular complexity index is 855. The quantitative estimate of drug-likeness (QED) is 0.481. The molecule has 0 aromatic heterocycles. The Kier molecular flexibility index (Phi) is 6.22. The van der Waals surface area contributed by atoms with Gasteiger partial charge < -0.3 is 9.80 Å². The van der Waals surface area contributed by atoms with Gasteiger partial charge in [0.1, 0.15) is 12.6 Å². The number of anilines is 4. The molecule has 0 saturated carbocycles. The van der Waals surface area contributed by atoms with Crippen LogP contribution in [-0.2, 0) is 0 Å². The lowest BCUT2D eigenvalue weighted by Gasteiger charge is -2.31. The highest BCUT2D eigenvalue weighted by atomic mass is 16.1. The van der Waals surface area contributed by atoms with Crippen molar-refractivity contribution >= 4 is 35.3 Å². The summed E-state index contributed by atoms with van der Waals surface area (Å²) in [4.78, 5) is 26.4. The second-order valence-corrected chi connectivity index (χ2v) is 6.40. The lowest BCUT2D eigenvalue weighted by atomic mass is 10.1. The van der Waals surface area contributed by atoms with Gasteiger partial charge in [-0.3, -0.25) is 9.59 Å². The van der Waals surface area contributed by atoms with Crippen molar-refractivity contribution in [2.45, 2.75) is 13.8 Å². The topological polar surface area (TPSA) is 40.6 Å². The maximum atomic E-state index is 11.0. The molecule has 0 fully saturated rings. The maximum Gasteiger partial charge on any atom is 0.150 e. The van der Waals surface area contributed by atoms with E-state index in [-0.39, 0.29) is 0 Å². The summed E-state index contributed by atoms with van der Waals surface area (Å²) in [7, 11) is 0. The van der Waals surface area contributed by atoms with Gasteiger partial charge >= 0.3 is 0 Å². The highest BCUT2D eigenvalue weighted by Crippen LogP contribution is 2.37. The van der Waals surface area contributed by atoms with Crippen LogP contribution in [0.15, 0.2) is 72.8 Å². The molecular weight excluding hydrogens is 348 g/mol. The molecule has 4 nitrogen and oxygen atoms in total. The number of rotatable bonds is 8. The molecule has 142 valence electrons. The summed E-state index contributed by atoms with van der Waals surface area (Å²) in [5, 5.41) is 0. The van der Waals surface area contributed by atoms with E-state index in [0.29, 0.717) is 11.1 Å². The summed E-state index contributed by atoms with van der Waals surface area (Å²) < 4.78 is 0. The highest BCUT2D eigenvalue weighted by molar-refractivity contribution is 5.83. The first-order valence-electron chi connectivity index (χ1n) is 9.46. The van der Waals surface area contributed by atoms with Gasteiger partial charge in [-0.1, -0.05) is 12.1 Å². The van der Waals surface area contributed by atoms with Crippen LogP contribution in [0.2, 0.25) is 0 Å². The number of para-hydroxylation sites is 2. The van der Waals surface area contributed by atoms with Crippen LogP contribution in [0.25, 0.3) is 0 Å². The molecule has 3 aromatic rings. The monoisotopic (exact) mass is 372 g/mol. The van der Waals surface area contributed by atoms with Crippen LogP contribution in [0.1, 0.15) is 34.6 Å². The molecule has 0 heterocycles. The standard InChI is InChI=1S/C24H24N2O2/c1-3-25(21-13-9-19(17-27)10-14-21)23-7-5-6-8-24(23)26(4-2)22-15-11-20(18-28)12-16-22/h5-18H,3-4H2,1-2H3. The average Bonchev–Trinajstić information content (AvgIpc) is 2.77. The van der Waals surface area contributed by atoms with Crippen molar-refractivity contribution in [3.8, 4) is 0 Å². The fourth-order valence-electron chi connectivity index (χ4n) is 3.37. The average molecular weight is 372 g/mol. The number of carbonyl (C=O) groups excluding carboxylic acids is 2. The van der Waals surface area contributed by atoms with E-state index in [2.05, 4.69) is 35.8 Å². The largest absolute Gasteiger partial charge is 0.340 e. The predicted octanol–water partition coefficient (Wildman–Crippen LogP) is 5.63. The normalized spacial score (nSPS) is 10.4. The van der Waals surface area contributed by atoms with Gasteiger partial charge in [-0.15, -0.1) is 0 Å². The minimum atomic E-state index is 0.665. The van der Waals surface area contributed by atoms with E-state index in [9.17, 15) is 9.59 Å². The second kappa shape index (κ2) is 9.00. The summed E-state index contributed by atoms with van der Waals surface area (Å²) in [6.07, 6.45) is 1.71. The van der Waals surface area contributed by atoms with Crippen molar-refractivity contribution in [2.75, 3.05) is 22.9 Å². The molecular formula is C24H24N2O2. The third-order valence-electron chi connectivity index (χ3n) is 4.78. The molecule has 0 amide bonds. The lowest BCUT2D eigenvalue weighted by molar-refractivity contribution is 0.111. The van der Waals surface area contributed by atoms with Gasteiger partial charge in [0.25, 0.3) is 0 Å². The van der Waals surface area contributed by atoms with Gasteiger partial charge in [0, 0.05) is 35.6 Å². The summed E-state index contributed by atoms with van der Waals surface area (Å²) in [5.74, 6) is 0. The predicted molar refractivity (Wildman–Crippen MR) is 115 cm³/mol. The molecule has 0 saturated heterocycles. The van der Waals surface area contributed by atoms with Crippen molar-refractivity contribution in [1.29, 1.82) is 0 Å². The van der Waals surface area contributed by atoms with Crippen molar-refractivity contribution in [2.24, 2.45) is 0 Å². The molecule has 0 aliphatic carbocycles. The van der Waals surface area contributed by atoms with Crippen LogP contribution in [0, 0.1) is 0 Å². The Morgan fingerprint density at radius 3 is 1.25 bits per heavy atom. The molecule has 0 aliphatic heterocycles. The van der Waals surface area contributed by atoms with Gasteiger partial charge in [0.15, 0.2) is 0 Å². The molecule has 0 aliphatic rings. The van der Waals surface area contributed by atoms with E-state index in [4.69, 9.17) is 0 Å². The molecule has 3 rings (SSSR count). The summed E-state index contributed by atoms with van der Waals surface area (Å²) >= 11 is 0. The highest BCUT2D eigenvalue weighted by Gasteiger charge is 2.17. The number of carbonyl (C=O) groups is 2. The first-order valence-corrected chi connectivity index (χ1v) is 9.46. The first-order chi connectivity index (χ1) is 13.7. The molecule has 0 spiro atoms. The van der Waals surface area contributed by atoms with E-state index in [1.807, 2.05) is 60.7 Å². The third-order valence-corrected chi connectivity index (χ3v) is 4.78. The van der Waals surface area contributed by atoms with Crippen LogP contribution in [-0.4, -0.2) is 25.7 Å². The van der Waals surface area contributed by atoms with Crippen LogP contribution in [0.4, 0.5) is 22.7 Å². The maximum absolute atomic E-state index is 11.0. The molecule has 0 atom stereocenters. The SMILES string of the molecule is CCN(c1ccc(C=O)cc1)c1ccccc1N(CC)c1ccc(C=O)cc1. The molecule has 0 bridgehead atoms. The number of hydrogen-bond donors (Lipinski definition) is 0. The zero-order valence-electron chi connectivity index (χ0n) is 16.2. The summed E-state index contributed by atoms with van der Waals surface area (Å²) in [5.41, 5.74) is 5.58. The summed E-state index contributed by atoms with van der Waals surface area (Å²) in [6, 6.07) is 23.5. The summed E-state index contributed by atoms with van der Waals surface area (Å²) in [6.45, 7) is 5.80. The number of nitrogens with zero attached hydrogens (tertiary/aromatic N) is 2. The Balaban J connectivity index is 2.03. The number of benzene rings is 3. The van der Waals surface area contributed by atoms with Crippen molar-refractivity contribution in [3.63, 3.8) is 0 Å². The molecule has 0 N–H and O–H groups in total. The Morgan fingerprint density at radius 2 is 0.964 bits per heavy atom. The minimum Gasteiger partial charge on any atom is -0.340 e. The fourth-order valence-corrected chi connectivity index (χ4v) is 3.37. The van der Waals surface area contributed by atoms with Gasteiger partial charge in [-0.05, 0) is 74.5 Å². The van der Waals surface area contributed by atoms with E-state index in [1.165, 1.54) is 0 Å². The minimum absolute atomic E-state index is 0.665. The smallest absolute Gasteiger partial charge is 0.150 e. The van der Waals surface area contributed by atoms with E-state index in [1.54, 1.807) is 0 Å². The van der Waals surface area contributed by atoms with Crippen LogP contribution < -0.4 is 9.80 Å². The number of aldehydes is 2. The molecule has 0 unspecified atom stereocenters. The van der Waals surface area contributed by atoms with Crippen LogP contribution in [0.3, 0.4) is 0 Å². The molecule has 4 heteroatoms. The van der Waals surface area contributed by atoms with E-state index < -0.39 is 0 Å².